The maximum absolute atomic E-state index is 12.4. The normalized spacial score (nSPS) is 10.9. The predicted molar refractivity (Wildman–Crippen MR) is 95.2 cm³/mol. The molecular weight excluding hydrogens is 330 g/mol. The van der Waals surface area contributed by atoms with Crippen LogP contribution in [0.5, 0.6) is 0 Å². The summed E-state index contributed by atoms with van der Waals surface area (Å²) in [4.78, 5) is 26.1. The molecule has 0 spiro atoms. The third kappa shape index (κ3) is 6.92. The molecule has 136 valence electrons. The number of thioether (sulfide) groups is 1. The Kier molecular flexibility index (Phi) is 9.48. The fourth-order valence-electron chi connectivity index (χ4n) is 2.35. The van der Waals surface area contributed by atoms with Crippen LogP contribution in [0.1, 0.15) is 32.4 Å². The second-order valence-electron chi connectivity index (χ2n) is 5.41. The molecule has 0 saturated heterocycles. The van der Waals surface area contributed by atoms with Gasteiger partial charge >= 0.3 is 0 Å². The minimum Gasteiger partial charge on any atom is -0.383 e. The van der Waals surface area contributed by atoms with Crippen LogP contribution in [-0.2, 0) is 14.3 Å². The van der Waals surface area contributed by atoms with Gasteiger partial charge in [0.15, 0.2) is 5.82 Å². The van der Waals surface area contributed by atoms with Crippen molar-refractivity contribution in [3.63, 3.8) is 0 Å². The lowest BCUT2D eigenvalue weighted by molar-refractivity contribution is -0.131. The number of nitrogens with zero attached hydrogens (tertiary/aromatic N) is 2. The molecule has 0 aliphatic heterocycles. The molecule has 24 heavy (non-hydrogen) atoms. The van der Waals surface area contributed by atoms with Gasteiger partial charge in [0.2, 0.25) is 11.8 Å². The van der Waals surface area contributed by atoms with Gasteiger partial charge in [0, 0.05) is 25.8 Å². The van der Waals surface area contributed by atoms with Gasteiger partial charge < -0.3 is 19.5 Å². The molecule has 0 aliphatic rings. The van der Waals surface area contributed by atoms with Crippen LogP contribution in [0.25, 0.3) is 0 Å². The molecule has 0 saturated carbocycles. The first kappa shape index (κ1) is 20.5. The quantitative estimate of drug-likeness (QED) is 0.654. The first-order valence-electron chi connectivity index (χ1n) is 8.11. The summed E-state index contributed by atoms with van der Waals surface area (Å²) in [6.07, 6.45) is 1.81. The van der Waals surface area contributed by atoms with Crippen LogP contribution >= 0.6 is 11.8 Å². The Labute approximate surface area is 147 Å². The number of aromatic nitrogens is 1. The van der Waals surface area contributed by atoms with Gasteiger partial charge in [-0.3, -0.25) is 9.59 Å². The molecule has 2 amide bonds. The third-order valence-electron chi connectivity index (χ3n) is 3.59. The number of hydrogen-bond acceptors (Lipinski definition) is 6. The Morgan fingerprint density at radius 3 is 2.62 bits per heavy atom. The number of nitrogens with one attached hydrogen (secondary N) is 1. The van der Waals surface area contributed by atoms with Crippen molar-refractivity contribution in [3.8, 4) is 0 Å². The van der Waals surface area contributed by atoms with E-state index in [9.17, 15) is 9.59 Å². The Bertz CT molecular complexity index is 517. The zero-order chi connectivity index (χ0) is 17.9. The summed E-state index contributed by atoms with van der Waals surface area (Å²) < 4.78 is 9.98. The van der Waals surface area contributed by atoms with Crippen molar-refractivity contribution in [1.82, 2.24) is 10.1 Å². The third-order valence-corrected chi connectivity index (χ3v) is 4.51. The van der Waals surface area contributed by atoms with E-state index in [2.05, 4.69) is 24.3 Å². The van der Waals surface area contributed by atoms with E-state index in [4.69, 9.17) is 9.26 Å². The summed E-state index contributed by atoms with van der Waals surface area (Å²) in [5.74, 6) is 1.32. The lowest BCUT2D eigenvalue weighted by Crippen LogP contribution is -2.42. The van der Waals surface area contributed by atoms with Crippen LogP contribution < -0.4 is 5.32 Å². The smallest absolute Gasteiger partial charge is 0.235 e. The van der Waals surface area contributed by atoms with Crippen LogP contribution in [0.4, 0.5) is 5.82 Å². The standard InChI is InChI=1S/C16H27N3O4S/c1-5-13(6-2)19(7-8-22-4)16(21)11-24-10-15(20)17-14-9-12(3)23-18-14/h9,13H,5-8,10-11H2,1-4H3,(H,17,18,20). The average Bonchev–Trinajstić information content (AvgIpc) is 2.96. The largest absolute Gasteiger partial charge is 0.383 e. The highest BCUT2D eigenvalue weighted by Crippen LogP contribution is 2.13. The molecule has 0 radical (unpaired) electrons. The second-order valence-corrected chi connectivity index (χ2v) is 6.40. The molecule has 1 rings (SSSR count). The predicted octanol–water partition coefficient (Wildman–Crippen LogP) is 2.32. The molecule has 1 aromatic rings. The molecule has 0 fully saturated rings. The average molecular weight is 357 g/mol. The number of hydrogen-bond donors (Lipinski definition) is 1. The Balaban J connectivity index is 2.42. The molecule has 0 aliphatic carbocycles. The summed E-state index contributed by atoms with van der Waals surface area (Å²) in [6.45, 7) is 6.98. The molecular formula is C16H27N3O4S. The minimum atomic E-state index is -0.202. The summed E-state index contributed by atoms with van der Waals surface area (Å²) in [7, 11) is 1.63. The van der Waals surface area contributed by atoms with E-state index in [1.54, 1.807) is 20.1 Å². The SMILES string of the molecule is CCC(CC)N(CCOC)C(=O)CSCC(=O)Nc1cc(C)on1. The fourth-order valence-corrected chi connectivity index (χ4v) is 3.05. The first-order valence-corrected chi connectivity index (χ1v) is 9.26. The molecule has 0 unspecified atom stereocenters. The van der Waals surface area contributed by atoms with E-state index in [0.29, 0.717) is 24.7 Å². The maximum Gasteiger partial charge on any atom is 0.235 e. The molecule has 1 heterocycles. The molecule has 1 N–H and O–H groups in total. The molecule has 1 aromatic heterocycles. The van der Waals surface area contributed by atoms with Crippen molar-refractivity contribution < 1.29 is 18.8 Å². The maximum atomic E-state index is 12.4. The van der Waals surface area contributed by atoms with Crippen molar-refractivity contribution in [2.75, 3.05) is 37.1 Å². The number of carbonyl (C=O) groups is 2. The lowest BCUT2D eigenvalue weighted by Gasteiger charge is -2.30. The summed E-state index contributed by atoms with van der Waals surface area (Å²) in [5.41, 5.74) is 0. The summed E-state index contributed by atoms with van der Waals surface area (Å²) in [6, 6.07) is 1.85. The number of ether oxygens (including phenoxy) is 1. The highest BCUT2D eigenvalue weighted by molar-refractivity contribution is 8.00. The molecule has 0 aromatic carbocycles. The molecule has 0 bridgehead atoms. The van der Waals surface area contributed by atoms with Crippen molar-refractivity contribution in [2.24, 2.45) is 0 Å². The van der Waals surface area contributed by atoms with Crippen LogP contribution in [0.15, 0.2) is 10.6 Å². The summed E-state index contributed by atoms with van der Waals surface area (Å²) in [5, 5.41) is 6.34. The second kappa shape index (κ2) is 11.1. The molecule has 8 heteroatoms. The van der Waals surface area contributed by atoms with E-state index in [-0.39, 0.29) is 29.4 Å². The van der Waals surface area contributed by atoms with E-state index >= 15 is 0 Å². The van der Waals surface area contributed by atoms with Crippen LogP contribution in [0.3, 0.4) is 0 Å². The van der Waals surface area contributed by atoms with Gasteiger partial charge in [-0.25, -0.2) is 0 Å². The molecule has 7 nitrogen and oxygen atoms in total. The number of aryl methyl sites for hydroxylation is 1. The van der Waals surface area contributed by atoms with Gasteiger partial charge in [0.25, 0.3) is 0 Å². The topological polar surface area (TPSA) is 84.7 Å². The van der Waals surface area contributed by atoms with Gasteiger partial charge in [0.05, 0.1) is 18.1 Å². The number of methoxy groups -OCH3 is 1. The zero-order valence-corrected chi connectivity index (χ0v) is 15.6. The Morgan fingerprint density at radius 1 is 1.38 bits per heavy atom. The van der Waals surface area contributed by atoms with Gasteiger partial charge in [-0.15, -0.1) is 11.8 Å². The first-order chi connectivity index (χ1) is 11.5. The highest BCUT2D eigenvalue weighted by atomic mass is 32.2. The van der Waals surface area contributed by atoms with E-state index in [0.717, 1.165) is 12.8 Å². The monoisotopic (exact) mass is 357 g/mol. The Hall–Kier alpha value is -1.54. The van der Waals surface area contributed by atoms with E-state index in [1.165, 1.54) is 11.8 Å². The van der Waals surface area contributed by atoms with E-state index < -0.39 is 0 Å². The number of amides is 2. The van der Waals surface area contributed by atoms with Gasteiger partial charge in [-0.2, -0.15) is 0 Å². The van der Waals surface area contributed by atoms with Crippen LogP contribution in [0, 0.1) is 6.92 Å². The van der Waals surface area contributed by atoms with Crippen molar-refractivity contribution in [3.05, 3.63) is 11.8 Å². The van der Waals surface area contributed by atoms with Gasteiger partial charge in [-0.05, 0) is 19.8 Å². The Morgan fingerprint density at radius 2 is 2.08 bits per heavy atom. The summed E-state index contributed by atoms with van der Waals surface area (Å²) >= 11 is 1.29. The van der Waals surface area contributed by atoms with Crippen LogP contribution in [-0.4, -0.2) is 59.7 Å². The fraction of sp³-hybridized carbons (Fsp3) is 0.688. The number of rotatable bonds is 11. The van der Waals surface area contributed by atoms with Crippen molar-refractivity contribution >= 4 is 29.4 Å². The van der Waals surface area contributed by atoms with Gasteiger partial charge in [0.1, 0.15) is 5.76 Å². The lowest BCUT2D eigenvalue weighted by atomic mass is 10.1. The number of carbonyl (C=O) groups excluding carboxylic acids is 2. The van der Waals surface area contributed by atoms with Crippen molar-refractivity contribution in [2.45, 2.75) is 39.7 Å². The van der Waals surface area contributed by atoms with Crippen LogP contribution in [0.2, 0.25) is 0 Å². The zero-order valence-electron chi connectivity index (χ0n) is 14.8. The number of anilines is 1. The van der Waals surface area contributed by atoms with Gasteiger partial charge in [-0.1, -0.05) is 19.0 Å². The van der Waals surface area contributed by atoms with Crippen molar-refractivity contribution in [1.29, 1.82) is 0 Å². The highest BCUT2D eigenvalue weighted by Gasteiger charge is 2.21. The van der Waals surface area contributed by atoms with E-state index in [1.807, 2.05) is 4.90 Å². The molecule has 0 atom stereocenters. The minimum absolute atomic E-state index is 0.0378.